The van der Waals surface area contributed by atoms with E-state index in [1.807, 2.05) is 0 Å². The third-order valence-corrected chi connectivity index (χ3v) is 4.51. The minimum absolute atomic E-state index is 0.0419. The van der Waals surface area contributed by atoms with Crippen LogP contribution < -0.4 is 14.2 Å². The summed E-state index contributed by atoms with van der Waals surface area (Å²) in [6.45, 7) is 1.31. The van der Waals surface area contributed by atoms with E-state index in [0.29, 0.717) is 30.1 Å². The van der Waals surface area contributed by atoms with Crippen LogP contribution in [0.25, 0.3) is 0 Å². The van der Waals surface area contributed by atoms with Crippen LogP contribution in [-0.2, 0) is 27.2 Å². The number of rotatable bonds is 11. The number of ether oxygens (including phenoxy) is 3. The number of ketones is 2. The molecular weight excluding hydrogens is 388 g/mol. The molecule has 0 atom stereocenters. The molecule has 0 spiro atoms. The van der Waals surface area contributed by atoms with Gasteiger partial charge in [-0.2, -0.15) is 0 Å². The quantitative estimate of drug-likeness (QED) is 0.342. The number of aryl methyl sites for hydroxylation is 2. The second-order valence-corrected chi connectivity index (χ2v) is 6.84. The number of methoxy groups -OCH3 is 2. The third kappa shape index (κ3) is 6.92. The highest BCUT2D eigenvalue weighted by atomic mass is 16.6. The van der Waals surface area contributed by atoms with Crippen molar-refractivity contribution in [3.63, 3.8) is 0 Å². The average Bonchev–Trinajstić information content (AvgIpc) is 2.72. The summed E-state index contributed by atoms with van der Waals surface area (Å²) < 4.78 is 15.3. The maximum absolute atomic E-state index is 12.2. The Kier molecular flexibility index (Phi) is 8.41. The van der Waals surface area contributed by atoms with Gasteiger partial charge >= 0.3 is 5.97 Å². The second kappa shape index (κ2) is 11.0. The van der Waals surface area contributed by atoms with Crippen LogP contribution in [0.3, 0.4) is 0 Å². The molecule has 1 N–H and O–H groups in total. The number of benzene rings is 2. The fourth-order valence-electron chi connectivity index (χ4n) is 2.95. The summed E-state index contributed by atoms with van der Waals surface area (Å²) in [6.07, 6.45) is 1.28. The lowest BCUT2D eigenvalue weighted by Gasteiger charge is -2.10. The van der Waals surface area contributed by atoms with Gasteiger partial charge in [0.05, 0.1) is 20.6 Å². The fourth-order valence-corrected chi connectivity index (χ4v) is 2.95. The first-order valence-corrected chi connectivity index (χ1v) is 9.57. The first-order valence-electron chi connectivity index (χ1n) is 9.57. The molecule has 7 nitrogen and oxygen atoms in total. The summed E-state index contributed by atoms with van der Waals surface area (Å²) in [5.74, 6) is 0.421. The van der Waals surface area contributed by atoms with Gasteiger partial charge in [0.25, 0.3) is 0 Å². The van der Waals surface area contributed by atoms with Crippen molar-refractivity contribution < 1.29 is 33.7 Å². The van der Waals surface area contributed by atoms with Crippen molar-refractivity contribution >= 4 is 17.5 Å². The van der Waals surface area contributed by atoms with E-state index < -0.39 is 5.97 Å². The minimum atomic E-state index is -0.444. The predicted molar refractivity (Wildman–Crippen MR) is 110 cm³/mol. The predicted octanol–water partition coefficient (Wildman–Crippen LogP) is 3.43. The number of carbonyl (C=O) groups is 3. The van der Waals surface area contributed by atoms with Crippen LogP contribution in [-0.4, -0.2) is 36.9 Å². The largest absolute Gasteiger partial charge is 0.504 e. The number of hydrogen-bond acceptors (Lipinski definition) is 7. The smallest absolute Gasteiger partial charge is 0.308 e. The molecule has 0 aliphatic carbocycles. The molecule has 0 saturated heterocycles. The van der Waals surface area contributed by atoms with E-state index in [1.165, 1.54) is 27.2 Å². The molecule has 0 heterocycles. The van der Waals surface area contributed by atoms with Crippen molar-refractivity contribution in [2.24, 2.45) is 0 Å². The molecule has 0 aliphatic rings. The van der Waals surface area contributed by atoms with Gasteiger partial charge in [0, 0.05) is 19.8 Å². The molecular formula is C23H26O7. The summed E-state index contributed by atoms with van der Waals surface area (Å²) in [5, 5.41) is 9.60. The van der Waals surface area contributed by atoms with Crippen molar-refractivity contribution in [1.29, 1.82) is 0 Å². The molecule has 160 valence electrons. The summed E-state index contributed by atoms with van der Waals surface area (Å²) in [6, 6.07) is 10.0. The van der Waals surface area contributed by atoms with Crippen LogP contribution in [0.15, 0.2) is 36.4 Å². The van der Waals surface area contributed by atoms with Gasteiger partial charge in [-0.25, -0.2) is 0 Å². The molecule has 7 heteroatoms. The van der Waals surface area contributed by atoms with Crippen molar-refractivity contribution in [2.75, 3.05) is 14.2 Å². The highest BCUT2D eigenvalue weighted by Crippen LogP contribution is 2.29. The van der Waals surface area contributed by atoms with Crippen LogP contribution in [0.1, 0.15) is 37.3 Å². The summed E-state index contributed by atoms with van der Waals surface area (Å²) >= 11 is 0. The highest BCUT2D eigenvalue weighted by molar-refractivity contribution is 5.99. The minimum Gasteiger partial charge on any atom is -0.504 e. The van der Waals surface area contributed by atoms with E-state index >= 15 is 0 Å². The molecule has 2 aromatic carbocycles. The first-order chi connectivity index (χ1) is 14.3. The summed E-state index contributed by atoms with van der Waals surface area (Å²) in [5.41, 5.74) is 1.70. The molecule has 0 bridgehead atoms. The van der Waals surface area contributed by atoms with E-state index in [-0.39, 0.29) is 36.6 Å². The Bertz CT molecular complexity index is 918. The monoisotopic (exact) mass is 414 g/mol. The molecule has 0 aromatic heterocycles. The molecule has 0 amide bonds. The van der Waals surface area contributed by atoms with Gasteiger partial charge in [0.15, 0.2) is 23.0 Å². The number of Topliss-reactive ketones (excluding diaryl/α,β-unsaturated/α-hetero) is 2. The van der Waals surface area contributed by atoms with Gasteiger partial charge in [-0.3, -0.25) is 14.4 Å². The van der Waals surface area contributed by atoms with Gasteiger partial charge in [-0.05, 0) is 48.2 Å². The van der Waals surface area contributed by atoms with Crippen LogP contribution in [0.2, 0.25) is 0 Å². The van der Waals surface area contributed by atoms with Gasteiger partial charge in [0.1, 0.15) is 11.6 Å². The lowest BCUT2D eigenvalue weighted by molar-refractivity contribution is -0.132. The molecule has 2 rings (SSSR count). The zero-order chi connectivity index (χ0) is 22.1. The summed E-state index contributed by atoms with van der Waals surface area (Å²) in [4.78, 5) is 35.4. The topological polar surface area (TPSA) is 99.1 Å². The number of hydrogen-bond donors (Lipinski definition) is 1. The Labute approximate surface area is 175 Å². The Balaban J connectivity index is 1.82. The SMILES string of the molecule is COc1cc(CCC(=O)CC(=O)CCc2ccc(OC(C)=O)c(OC)c2)ccc1O. The fraction of sp³-hybridized carbons (Fsp3) is 0.348. The molecule has 30 heavy (non-hydrogen) atoms. The number of phenolic OH excluding ortho intramolecular Hbond substituents is 1. The molecule has 0 fully saturated rings. The van der Waals surface area contributed by atoms with Crippen LogP contribution >= 0.6 is 0 Å². The normalized spacial score (nSPS) is 10.4. The van der Waals surface area contributed by atoms with Crippen molar-refractivity contribution in [2.45, 2.75) is 39.0 Å². The number of aromatic hydroxyl groups is 1. The van der Waals surface area contributed by atoms with Gasteiger partial charge in [-0.15, -0.1) is 0 Å². The number of phenols is 1. The molecule has 0 unspecified atom stereocenters. The second-order valence-electron chi connectivity index (χ2n) is 6.84. The van der Waals surface area contributed by atoms with E-state index in [1.54, 1.807) is 30.3 Å². The summed E-state index contributed by atoms with van der Waals surface area (Å²) in [7, 11) is 2.93. The first kappa shape index (κ1) is 22.9. The van der Waals surface area contributed by atoms with Gasteiger partial charge in [-0.1, -0.05) is 12.1 Å². The Hall–Kier alpha value is -3.35. The third-order valence-electron chi connectivity index (χ3n) is 4.51. The highest BCUT2D eigenvalue weighted by Gasteiger charge is 2.13. The van der Waals surface area contributed by atoms with Crippen molar-refractivity contribution in [1.82, 2.24) is 0 Å². The van der Waals surface area contributed by atoms with E-state index in [2.05, 4.69) is 0 Å². The van der Waals surface area contributed by atoms with Crippen molar-refractivity contribution in [3.05, 3.63) is 47.5 Å². The van der Waals surface area contributed by atoms with Crippen LogP contribution in [0.4, 0.5) is 0 Å². The molecule has 2 aromatic rings. The van der Waals surface area contributed by atoms with Gasteiger partial charge < -0.3 is 19.3 Å². The maximum atomic E-state index is 12.2. The van der Waals surface area contributed by atoms with E-state index in [9.17, 15) is 19.5 Å². The number of esters is 1. The molecule has 0 aliphatic heterocycles. The van der Waals surface area contributed by atoms with E-state index in [0.717, 1.165) is 11.1 Å². The van der Waals surface area contributed by atoms with Crippen molar-refractivity contribution in [3.8, 4) is 23.0 Å². The van der Waals surface area contributed by atoms with Gasteiger partial charge in [0.2, 0.25) is 0 Å². The maximum Gasteiger partial charge on any atom is 0.308 e. The Morgan fingerprint density at radius 2 is 1.33 bits per heavy atom. The Morgan fingerprint density at radius 1 is 0.800 bits per heavy atom. The van der Waals surface area contributed by atoms with Crippen LogP contribution in [0, 0.1) is 0 Å². The molecule has 0 saturated carbocycles. The van der Waals surface area contributed by atoms with Crippen LogP contribution in [0.5, 0.6) is 23.0 Å². The molecule has 0 radical (unpaired) electrons. The average molecular weight is 414 g/mol. The standard InChI is InChI=1S/C23H26O7/c1-15(24)30-21-11-7-17(13-23(21)29-3)5-9-19(26)14-18(25)8-4-16-6-10-20(27)22(12-16)28-2/h6-7,10-13,27H,4-5,8-9,14H2,1-3H3. The lowest BCUT2D eigenvalue weighted by Crippen LogP contribution is -2.10. The Morgan fingerprint density at radius 3 is 1.87 bits per heavy atom. The zero-order valence-electron chi connectivity index (χ0n) is 17.4. The zero-order valence-corrected chi connectivity index (χ0v) is 17.4. The number of carbonyl (C=O) groups excluding carboxylic acids is 3. The lowest BCUT2D eigenvalue weighted by atomic mass is 10.0. The van der Waals surface area contributed by atoms with E-state index in [4.69, 9.17) is 14.2 Å².